The summed E-state index contributed by atoms with van der Waals surface area (Å²) in [5, 5.41) is 45.8. The molecule has 154 valence electrons. The third-order valence-corrected chi connectivity index (χ3v) is 6.84. The number of nitrogens with one attached hydrogen (secondary N) is 1. The Balaban J connectivity index is 2.96. The average Bonchev–Trinajstić information content (AvgIpc) is 2.64. The fourth-order valence-corrected chi connectivity index (χ4v) is 5.29. The summed E-state index contributed by atoms with van der Waals surface area (Å²) in [6.45, 7) is 0.667. The molecule has 28 heavy (non-hydrogen) atoms. The van der Waals surface area contributed by atoms with Crippen LogP contribution in [0.1, 0.15) is 12.5 Å². The number of hydrogen-bond acceptors (Lipinski definition) is 10. The second-order valence-corrected chi connectivity index (χ2v) is 8.78. The molecule has 2 aromatic rings. The van der Waals surface area contributed by atoms with Gasteiger partial charge in [0.05, 0.1) is 39.9 Å². The van der Waals surface area contributed by atoms with Crippen LogP contribution in [0.5, 0.6) is 5.75 Å². The fourth-order valence-electron chi connectivity index (χ4n) is 2.48. The van der Waals surface area contributed by atoms with Crippen molar-refractivity contribution in [3.8, 4) is 5.75 Å². The maximum Gasteiger partial charge on any atom is 0.349 e. The van der Waals surface area contributed by atoms with Crippen molar-refractivity contribution in [2.24, 2.45) is 0 Å². The van der Waals surface area contributed by atoms with Crippen LogP contribution in [0.2, 0.25) is 0 Å². The molecule has 1 aromatic carbocycles. The summed E-state index contributed by atoms with van der Waals surface area (Å²) >= 11 is 3.02. The van der Waals surface area contributed by atoms with Gasteiger partial charge in [-0.1, -0.05) is 0 Å². The average molecular weight is 450 g/mol. The number of hydrogen-bond donors (Lipinski definition) is 5. The molecule has 0 spiro atoms. The van der Waals surface area contributed by atoms with E-state index >= 15 is 4.39 Å². The topological polar surface area (TPSA) is 135 Å². The molecule has 0 aliphatic rings. The zero-order valence-corrected chi connectivity index (χ0v) is 17.4. The first-order chi connectivity index (χ1) is 13.4. The van der Waals surface area contributed by atoms with Crippen molar-refractivity contribution in [3.63, 3.8) is 0 Å². The van der Waals surface area contributed by atoms with Crippen molar-refractivity contribution < 1.29 is 29.2 Å². The number of rotatable bonds is 10. The summed E-state index contributed by atoms with van der Waals surface area (Å²) in [4.78, 5) is 12.7. The molecule has 11 heteroatoms. The minimum Gasteiger partial charge on any atom is -0.506 e. The number of aliphatic hydroxyl groups excluding tert-OH is 3. The zero-order chi connectivity index (χ0) is 20.8. The molecule has 0 saturated heterocycles. The number of benzene rings is 1. The van der Waals surface area contributed by atoms with E-state index in [9.17, 15) is 9.90 Å². The monoisotopic (exact) mass is 449 g/mol. The van der Waals surface area contributed by atoms with Crippen LogP contribution in [0.25, 0.3) is 11.0 Å². The predicted octanol–water partition coefficient (Wildman–Crippen LogP) is 2.28. The molecule has 0 unspecified atom stereocenters. The van der Waals surface area contributed by atoms with E-state index in [0.717, 1.165) is 35.3 Å². The van der Waals surface area contributed by atoms with E-state index < -0.39 is 17.2 Å². The van der Waals surface area contributed by atoms with Crippen LogP contribution >= 0.6 is 35.3 Å². The van der Waals surface area contributed by atoms with Crippen molar-refractivity contribution in [3.05, 3.63) is 21.8 Å². The van der Waals surface area contributed by atoms with Gasteiger partial charge in [0.1, 0.15) is 11.3 Å². The SMILES string of the molecule is CC(=N)c1c(O)c2c(SCCO)c(F)c(SCCO)c(SCCO)c2oc1=O. The molecular formula is C17H20FNO6S3. The molecule has 0 bridgehead atoms. The number of aliphatic hydroxyl groups is 3. The van der Waals surface area contributed by atoms with Crippen molar-refractivity contribution in [1.82, 2.24) is 0 Å². The molecule has 5 N–H and O–H groups in total. The molecule has 0 saturated carbocycles. The Hall–Kier alpha value is -1.24. The summed E-state index contributed by atoms with van der Waals surface area (Å²) in [7, 11) is 0. The van der Waals surface area contributed by atoms with Crippen molar-refractivity contribution >= 4 is 52.0 Å². The van der Waals surface area contributed by atoms with Gasteiger partial charge in [0.25, 0.3) is 0 Å². The number of fused-ring (bicyclic) bond motifs is 1. The Morgan fingerprint density at radius 3 is 2.00 bits per heavy atom. The molecule has 0 aliphatic heterocycles. The summed E-state index contributed by atoms with van der Waals surface area (Å²) in [5.74, 6) is -0.713. The minimum atomic E-state index is -0.925. The van der Waals surface area contributed by atoms with Crippen LogP contribution in [0.4, 0.5) is 4.39 Å². The number of aromatic hydroxyl groups is 1. The van der Waals surface area contributed by atoms with E-state index in [1.54, 1.807) is 0 Å². The van der Waals surface area contributed by atoms with Gasteiger partial charge in [0, 0.05) is 23.0 Å². The van der Waals surface area contributed by atoms with Crippen molar-refractivity contribution in [2.75, 3.05) is 37.1 Å². The van der Waals surface area contributed by atoms with E-state index in [4.69, 9.17) is 25.1 Å². The first kappa shape index (κ1) is 23.0. The van der Waals surface area contributed by atoms with Crippen LogP contribution in [0, 0.1) is 11.2 Å². The normalized spacial score (nSPS) is 11.3. The summed E-state index contributed by atoms with van der Waals surface area (Å²) < 4.78 is 20.8. The summed E-state index contributed by atoms with van der Waals surface area (Å²) in [6, 6.07) is 0. The quantitative estimate of drug-likeness (QED) is 0.210. The predicted molar refractivity (Wildman–Crippen MR) is 110 cm³/mol. The van der Waals surface area contributed by atoms with E-state index in [0.29, 0.717) is 0 Å². The lowest BCUT2D eigenvalue weighted by Gasteiger charge is -2.17. The van der Waals surface area contributed by atoms with E-state index in [2.05, 4.69) is 0 Å². The van der Waals surface area contributed by atoms with Gasteiger partial charge in [-0.3, -0.25) is 0 Å². The first-order valence-corrected chi connectivity index (χ1v) is 11.2. The maximum absolute atomic E-state index is 15.4. The Morgan fingerprint density at radius 2 is 1.50 bits per heavy atom. The molecule has 0 atom stereocenters. The zero-order valence-electron chi connectivity index (χ0n) is 15.0. The van der Waals surface area contributed by atoms with Gasteiger partial charge in [-0.25, -0.2) is 9.18 Å². The van der Waals surface area contributed by atoms with Crippen LogP contribution in [-0.2, 0) is 0 Å². The first-order valence-electron chi connectivity index (χ1n) is 8.20. The van der Waals surface area contributed by atoms with Crippen LogP contribution in [0.15, 0.2) is 23.9 Å². The number of thioether (sulfide) groups is 3. The van der Waals surface area contributed by atoms with Gasteiger partial charge in [-0.05, 0) is 6.92 Å². The highest BCUT2D eigenvalue weighted by atomic mass is 32.2. The lowest BCUT2D eigenvalue weighted by Crippen LogP contribution is -2.13. The highest BCUT2D eigenvalue weighted by molar-refractivity contribution is 8.02. The Morgan fingerprint density at radius 1 is 1.00 bits per heavy atom. The smallest absolute Gasteiger partial charge is 0.349 e. The van der Waals surface area contributed by atoms with E-state index in [1.807, 2.05) is 0 Å². The Kier molecular flexibility index (Phi) is 8.65. The van der Waals surface area contributed by atoms with Crippen LogP contribution in [0.3, 0.4) is 0 Å². The Labute approximate surface area is 172 Å². The van der Waals surface area contributed by atoms with Gasteiger partial charge in [0.2, 0.25) is 0 Å². The Bertz CT molecular complexity index is 934. The van der Waals surface area contributed by atoms with Crippen LogP contribution < -0.4 is 5.63 Å². The maximum atomic E-state index is 15.4. The molecule has 1 aromatic heterocycles. The van der Waals surface area contributed by atoms with Gasteiger partial charge in [0.15, 0.2) is 11.4 Å². The lowest BCUT2D eigenvalue weighted by molar-refractivity contribution is 0.322. The standard InChI is InChI=1S/C17H20FNO6S3/c1-8(19)9-12(23)10-13(25-17(9)24)16(28-7-4-22)15(27-6-3-21)11(18)14(10)26-5-2-20/h19-23H,2-7H2,1H3. The number of halogens is 1. The second-order valence-electron chi connectivity index (χ2n) is 5.46. The highest BCUT2D eigenvalue weighted by Crippen LogP contribution is 2.47. The lowest BCUT2D eigenvalue weighted by atomic mass is 10.1. The van der Waals surface area contributed by atoms with E-state index in [-0.39, 0.29) is 74.0 Å². The highest BCUT2D eigenvalue weighted by Gasteiger charge is 2.27. The molecule has 2 rings (SSSR count). The third kappa shape index (κ3) is 4.66. The summed E-state index contributed by atoms with van der Waals surface area (Å²) in [6.07, 6.45) is 0. The molecule has 0 amide bonds. The molecule has 0 fully saturated rings. The second kappa shape index (κ2) is 10.5. The van der Waals surface area contributed by atoms with Gasteiger partial charge in [-0.2, -0.15) is 0 Å². The van der Waals surface area contributed by atoms with Gasteiger partial charge >= 0.3 is 5.63 Å². The molecule has 7 nitrogen and oxygen atoms in total. The van der Waals surface area contributed by atoms with Crippen LogP contribution in [-0.4, -0.2) is 63.2 Å². The molecule has 0 aliphatic carbocycles. The fraction of sp³-hybridized carbons (Fsp3) is 0.412. The van der Waals surface area contributed by atoms with E-state index in [1.165, 1.54) is 6.92 Å². The van der Waals surface area contributed by atoms with Crippen molar-refractivity contribution in [2.45, 2.75) is 21.6 Å². The molecule has 1 heterocycles. The minimum absolute atomic E-state index is 0.0124. The van der Waals surface area contributed by atoms with Crippen molar-refractivity contribution in [1.29, 1.82) is 5.41 Å². The van der Waals surface area contributed by atoms with Gasteiger partial charge < -0.3 is 30.3 Å². The summed E-state index contributed by atoms with van der Waals surface area (Å²) in [5.41, 5.74) is -1.55. The van der Waals surface area contributed by atoms with Gasteiger partial charge in [-0.15, -0.1) is 35.3 Å². The third-order valence-electron chi connectivity index (χ3n) is 3.53. The molecule has 0 radical (unpaired) electrons. The largest absolute Gasteiger partial charge is 0.506 e. The molecular weight excluding hydrogens is 429 g/mol.